The maximum Gasteiger partial charge on any atom is 0.147 e. The average molecular weight is 264 g/mol. The number of aryl methyl sites for hydroxylation is 1. The lowest BCUT2D eigenvalue weighted by Crippen LogP contribution is -2.12. The number of nitrogen functional groups attached to an aromatic ring is 1. The van der Waals surface area contributed by atoms with Crippen LogP contribution in [0, 0.1) is 19.7 Å². The topological polar surface area (TPSA) is 63.8 Å². The Morgan fingerprint density at radius 3 is 2.72 bits per heavy atom. The molecule has 6 heteroatoms. The van der Waals surface area contributed by atoms with E-state index in [2.05, 4.69) is 15.4 Å². The lowest BCUT2D eigenvalue weighted by molar-refractivity contribution is 0.624. The molecule has 1 aromatic heterocycles. The second kappa shape index (κ2) is 5.32. The van der Waals surface area contributed by atoms with Crippen LogP contribution in [0.5, 0.6) is 0 Å². The molecule has 0 aliphatic heterocycles. The van der Waals surface area contributed by atoms with Crippen LogP contribution in [0.4, 0.5) is 10.2 Å². The number of hydrogen-bond donors (Lipinski definition) is 2. The molecular formula is C12H13FN4S. The summed E-state index contributed by atoms with van der Waals surface area (Å²) < 4.78 is 13.1. The second-order valence-corrected chi connectivity index (χ2v) is 4.82. The van der Waals surface area contributed by atoms with Crippen LogP contribution in [-0.2, 0) is 0 Å². The van der Waals surface area contributed by atoms with E-state index in [1.807, 2.05) is 13.0 Å². The van der Waals surface area contributed by atoms with Gasteiger partial charge in [-0.05, 0) is 32.0 Å². The molecule has 18 heavy (non-hydrogen) atoms. The number of hydrazine groups is 1. The summed E-state index contributed by atoms with van der Waals surface area (Å²) in [5, 5.41) is 0.765. The summed E-state index contributed by atoms with van der Waals surface area (Å²) in [6, 6.07) is 6.38. The minimum absolute atomic E-state index is 0.263. The third-order valence-electron chi connectivity index (χ3n) is 2.36. The fraction of sp³-hybridized carbons (Fsp3) is 0.167. The van der Waals surface area contributed by atoms with Crippen molar-refractivity contribution in [1.82, 2.24) is 9.97 Å². The number of halogens is 1. The van der Waals surface area contributed by atoms with Crippen LogP contribution in [0.25, 0.3) is 0 Å². The van der Waals surface area contributed by atoms with E-state index in [-0.39, 0.29) is 5.82 Å². The van der Waals surface area contributed by atoms with E-state index in [4.69, 9.17) is 5.84 Å². The van der Waals surface area contributed by atoms with Crippen LogP contribution in [0.3, 0.4) is 0 Å². The molecule has 4 nitrogen and oxygen atoms in total. The van der Waals surface area contributed by atoms with Gasteiger partial charge in [-0.25, -0.2) is 20.2 Å². The summed E-state index contributed by atoms with van der Waals surface area (Å²) in [5.41, 5.74) is 3.38. The lowest BCUT2D eigenvalue weighted by atomic mass is 10.3. The third-order valence-corrected chi connectivity index (χ3v) is 3.44. The second-order valence-electron chi connectivity index (χ2n) is 3.75. The largest absolute Gasteiger partial charge is 0.308 e. The molecule has 2 rings (SSSR count). The molecule has 0 aliphatic rings. The van der Waals surface area contributed by atoms with Gasteiger partial charge in [-0.1, -0.05) is 17.8 Å². The fourth-order valence-electron chi connectivity index (χ4n) is 1.48. The van der Waals surface area contributed by atoms with Gasteiger partial charge >= 0.3 is 0 Å². The summed E-state index contributed by atoms with van der Waals surface area (Å²) in [5.74, 6) is 6.34. The first-order chi connectivity index (χ1) is 8.60. The molecule has 0 amide bonds. The molecule has 0 bridgehead atoms. The van der Waals surface area contributed by atoms with E-state index >= 15 is 0 Å². The van der Waals surface area contributed by atoms with E-state index < -0.39 is 0 Å². The molecule has 1 heterocycles. The van der Waals surface area contributed by atoms with E-state index in [0.29, 0.717) is 11.6 Å². The Bertz CT molecular complexity index is 574. The van der Waals surface area contributed by atoms with Gasteiger partial charge in [0.05, 0.1) is 0 Å². The first kappa shape index (κ1) is 12.8. The Morgan fingerprint density at radius 2 is 2.06 bits per heavy atom. The Morgan fingerprint density at radius 1 is 1.28 bits per heavy atom. The number of nitrogens with zero attached hydrogens (tertiary/aromatic N) is 2. The number of aromatic nitrogens is 2. The fourth-order valence-corrected chi connectivity index (χ4v) is 2.45. The number of nitrogens with two attached hydrogens (primary N) is 1. The molecule has 0 radical (unpaired) electrons. The Labute approximate surface area is 109 Å². The number of nitrogens with one attached hydrogen (secondary N) is 1. The molecule has 0 unspecified atom stereocenters. The molecule has 0 atom stereocenters. The van der Waals surface area contributed by atoms with Crippen molar-refractivity contribution in [3.05, 3.63) is 41.5 Å². The van der Waals surface area contributed by atoms with Crippen molar-refractivity contribution in [1.29, 1.82) is 0 Å². The highest BCUT2D eigenvalue weighted by atomic mass is 32.2. The van der Waals surface area contributed by atoms with Crippen LogP contribution in [0.15, 0.2) is 34.2 Å². The first-order valence-electron chi connectivity index (χ1n) is 5.35. The summed E-state index contributed by atoms with van der Waals surface area (Å²) in [4.78, 5) is 9.31. The highest BCUT2D eigenvalue weighted by Crippen LogP contribution is 2.31. The van der Waals surface area contributed by atoms with E-state index in [9.17, 15) is 4.39 Å². The number of rotatable bonds is 3. The molecule has 94 valence electrons. The predicted octanol–water partition coefficient (Wildman–Crippen LogP) is 2.67. The molecule has 3 N–H and O–H groups in total. The van der Waals surface area contributed by atoms with Gasteiger partial charge in [0.25, 0.3) is 0 Å². The lowest BCUT2D eigenvalue weighted by Gasteiger charge is -2.10. The number of hydrogen-bond acceptors (Lipinski definition) is 5. The van der Waals surface area contributed by atoms with Gasteiger partial charge in [0.1, 0.15) is 22.5 Å². The normalized spacial score (nSPS) is 10.4. The van der Waals surface area contributed by atoms with Crippen LogP contribution in [-0.4, -0.2) is 9.97 Å². The predicted molar refractivity (Wildman–Crippen MR) is 69.8 cm³/mol. The minimum atomic E-state index is -0.263. The van der Waals surface area contributed by atoms with Crippen LogP contribution >= 0.6 is 11.8 Å². The smallest absolute Gasteiger partial charge is 0.147 e. The quantitative estimate of drug-likeness (QED) is 0.507. The van der Waals surface area contributed by atoms with Gasteiger partial charge < -0.3 is 5.43 Å². The molecule has 0 saturated heterocycles. The highest BCUT2D eigenvalue weighted by Gasteiger charge is 2.10. The molecule has 1 aromatic carbocycles. The van der Waals surface area contributed by atoms with Crippen LogP contribution in [0.2, 0.25) is 0 Å². The first-order valence-corrected chi connectivity index (χ1v) is 6.17. The molecule has 2 aromatic rings. The maximum absolute atomic E-state index is 13.1. The zero-order chi connectivity index (χ0) is 13.1. The van der Waals surface area contributed by atoms with Gasteiger partial charge in [-0.3, -0.25) is 0 Å². The molecule has 0 spiro atoms. The molecule has 0 saturated carbocycles. The summed E-state index contributed by atoms with van der Waals surface area (Å²) in [6.07, 6.45) is 0. The van der Waals surface area contributed by atoms with Gasteiger partial charge in [0.15, 0.2) is 0 Å². The van der Waals surface area contributed by atoms with Gasteiger partial charge in [-0.15, -0.1) is 0 Å². The van der Waals surface area contributed by atoms with Crippen molar-refractivity contribution in [2.24, 2.45) is 5.84 Å². The van der Waals surface area contributed by atoms with Gasteiger partial charge in [0, 0.05) is 10.5 Å². The summed E-state index contributed by atoms with van der Waals surface area (Å²) in [6.45, 7) is 3.66. The van der Waals surface area contributed by atoms with E-state index in [1.54, 1.807) is 13.0 Å². The van der Waals surface area contributed by atoms with Crippen molar-refractivity contribution in [3.8, 4) is 0 Å². The zero-order valence-electron chi connectivity index (χ0n) is 10.1. The van der Waals surface area contributed by atoms with Crippen molar-refractivity contribution >= 4 is 17.6 Å². The maximum atomic E-state index is 13.1. The van der Waals surface area contributed by atoms with Gasteiger partial charge in [0.2, 0.25) is 0 Å². The Kier molecular flexibility index (Phi) is 3.78. The summed E-state index contributed by atoms with van der Waals surface area (Å²) >= 11 is 1.39. The van der Waals surface area contributed by atoms with Crippen molar-refractivity contribution in [2.45, 2.75) is 23.8 Å². The molecule has 0 aliphatic carbocycles. The third kappa shape index (κ3) is 2.77. The Hall–Kier alpha value is -1.66. The number of benzene rings is 1. The van der Waals surface area contributed by atoms with E-state index in [0.717, 1.165) is 15.5 Å². The van der Waals surface area contributed by atoms with Crippen molar-refractivity contribution < 1.29 is 4.39 Å². The molecular weight excluding hydrogens is 251 g/mol. The standard InChI is InChI=1S/C12H13FN4S/c1-7-11(17-14)15-8(2)16-12(7)18-10-5-3-4-9(13)6-10/h3-6H,14H2,1-2H3,(H,15,16,17). The van der Waals surface area contributed by atoms with Crippen LogP contribution < -0.4 is 11.3 Å². The minimum Gasteiger partial charge on any atom is -0.308 e. The van der Waals surface area contributed by atoms with Crippen molar-refractivity contribution in [2.75, 3.05) is 5.43 Å². The van der Waals surface area contributed by atoms with E-state index in [1.165, 1.54) is 23.9 Å². The van der Waals surface area contributed by atoms with Crippen molar-refractivity contribution in [3.63, 3.8) is 0 Å². The van der Waals surface area contributed by atoms with Gasteiger partial charge in [-0.2, -0.15) is 0 Å². The van der Waals surface area contributed by atoms with Crippen LogP contribution in [0.1, 0.15) is 11.4 Å². The monoisotopic (exact) mass is 264 g/mol. The average Bonchev–Trinajstić information content (AvgIpc) is 2.33. The highest BCUT2D eigenvalue weighted by molar-refractivity contribution is 7.99. The molecule has 0 fully saturated rings. The zero-order valence-corrected chi connectivity index (χ0v) is 10.9. The Balaban J connectivity index is 2.37. The summed E-state index contributed by atoms with van der Waals surface area (Å²) in [7, 11) is 0. The number of anilines is 1. The SMILES string of the molecule is Cc1nc(NN)c(C)c(Sc2cccc(F)c2)n1.